The Morgan fingerprint density at radius 1 is 1.10 bits per heavy atom. The maximum Gasteiger partial charge on any atom is 0.162 e. The molecule has 0 amide bonds. The summed E-state index contributed by atoms with van der Waals surface area (Å²) >= 11 is 0. The molecule has 166 valence electrons. The van der Waals surface area contributed by atoms with Crippen molar-refractivity contribution in [1.82, 2.24) is 9.80 Å². The molecule has 0 bridgehead atoms. The molecule has 1 unspecified atom stereocenters. The van der Waals surface area contributed by atoms with Gasteiger partial charge in [0.15, 0.2) is 5.78 Å². The first-order chi connectivity index (χ1) is 15.1. The molecule has 0 aliphatic carbocycles. The lowest BCUT2D eigenvalue weighted by atomic mass is 10.1. The third-order valence-corrected chi connectivity index (χ3v) is 6.03. The van der Waals surface area contributed by atoms with Gasteiger partial charge < -0.3 is 14.6 Å². The number of aliphatic hydroxyl groups is 1. The lowest BCUT2D eigenvalue weighted by Gasteiger charge is -2.35. The van der Waals surface area contributed by atoms with Crippen molar-refractivity contribution in [2.24, 2.45) is 0 Å². The van der Waals surface area contributed by atoms with Gasteiger partial charge in [-0.1, -0.05) is 19.1 Å². The number of ether oxygens (including phenoxy) is 2. The largest absolute Gasteiger partial charge is 0.493 e. The Balaban J connectivity index is 1.17. The van der Waals surface area contributed by atoms with Crippen LogP contribution < -0.4 is 9.47 Å². The standard InChI is InChI=1S/C25H32N2O4/c1-2-24(29)20-4-6-23(7-5-20)31-18-22(28)17-27-12-10-26(11-13-27)16-19-3-8-25-21(15-19)9-14-30-25/h3-8,15,22,28H,2,9-14,16-18H2,1H3. The zero-order valence-corrected chi connectivity index (χ0v) is 18.3. The molecule has 6 heteroatoms. The van der Waals surface area contributed by atoms with E-state index in [1.165, 1.54) is 11.1 Å². The molecule has 1 atom stereocenters. The van der Waals surface area contributed by atoms with Crippen LogP contribution in [0.25, 0.3) is 0 Å². The van der Waals surface area contributed by atoms with Gasteiger partial charge in [0.1, 0.15) is 24.2 Å². The molecule has 31 heavy (non-hydrogen) atoms. The number of nitrogens with zero attached hydrogens (tertiary/aromatic N) is 2. The highest BCUT2D eigenvalue weighted by Gasteiger charge is 2.20. The van der Waals surface area contributed by atoms with Crippen molar-refractivity contribution >= 4 is 5.78 Å². The topological polar surface area (TPSA) is 62.2 Å². The average Bonchev–Trinajstić information content (AvgIpc) is 3.27. The highest BCUT2D eigenvalue weighted by molar-refractivity contribution is 5.95. The molecule has 2 heterocycles. The molecule has 6 nitrogen and oxygen atoms in total. The molecule has 2 aliphatic rings. The van der Waals surface area contributed by atoms with Gasteiger partial charge in [-0.25, -0.2) is 0 Å². The summed E-state index contributed by atoms with van der Waals surface area (Å²) in [6, 6.07) is 13.7. The number of carbonyl (C=O) groups is 1. The van der Waals surface area contributed by atoms with Gasteiger partial charge in [-0.3, -0.25) is 14.6 Å². The molecular formula is C25H32N2O4. The molecule has 0 spiro atoms. The van der Waals surface area contributed by atoms with Gasteiger partial charge >= 0.3 is 0 Å². The Kier molecular flexibility index (Phi) is 7.22. The molecule has 1 saturated heterocycles. The molecule has 1 fully saturated rings. The van der Waals surface area contributed by atoms with Crippen LogP contribution in [0.2, 0.25) is 0 Å². The minimum absolute atomic E-state index is 0.121. The summed E-state index contributed by atoms with van der Waals surface area (Å²) < 4.78 is 11.3. The lowest BCUT2D eigenvalue weighted by Crippen LogP contribution is -2.48. The average molecular weight is 425 g/mol. The van der Waals surface area contributed by atoms with Crippen LogP contribution in [-0.4, -0.2) is 72.7 Å². The van der Waals surface area contributed by atoms with E-state index < -0.39 is 6.10 Å². The van der Waals surface area contributed by atoms with E-state index in [0.717, 1.165) is 51.5 Å². The van der Waals surface area contributed by atoms with Gasteiger partial charge in [0.05, 0.1) is 6.61 Å². The first kappa shape index (κ1) is 21.8. The number of piperazine rings is 1. The fraction of sp³-hybridized carbons (Fsp3) is 0.480. The maximum atomic E-state index is 11.7. The van der Waals surface area contributed by atoms with E-state index in [9.17, 15) is 9.90 Å². The van der Waals surface area contributed by atoms with Gasteiger partial charge in [-0.05, 0) is 41.5 Å². The quantitative estimate of drug-likeness (QED) is 0.625. The fourth-order valence-electron chi connectivity index (χ4n) is 4.21. The van der Waals surface area contributed by atoms with Gasteiger partial charge in [0.2, 0.25) is 0 Å². The van der Waals surface area contributed by atoms with Crippen LogP contribution in [0.3, 0.4) is 0 Å². The predicted octanol–water partition coefficient (Wildman–Crippen LogP) is 2.77. The van der Waals surface area contributed by atoms with Crippen LogP contribution in [0.15, 0.2) is 42.5 Å². The summed E-state index contributed by atoms with van der Waals surface area (Å²) in [5, 5.41) is 10.4. The van der Waals surface area contributed by atoms with E-state index in [0.29, 0.717) is 24.3 Å². The van der Waals surface area contributed by atoms with E-state index in [1.807, 2.05) is 6.92 Å². The molecule has 2 aromatic rings. The second-order valence-electron chi connectivity index (χ2n) is 8.38. The molecule has 2 aromatic carbocycles. The minimum Gasteiger partial charge on any atom is -0.493 e. The second kappa shape index (κ2) is 10.3. The Morgan fingerprint density at radius 3 is 2.58 bits per heavy atom. The molecule has 1 N–H and O–H groups in total. The Labute approximate surface area is 184 Å². The monoisotopic (exact) mass is 424 g/mol. The number of hydrogen-bond acceptors (Lipinski definition) is 6. The Hall–Kier alpha value is -2.41. The van der Waals surface area contributed by atoms with Crippen LogP contribution in [0.4, 0.5) is 0 Å². The summed E-state index contributed by atoms with van der Waals surface area (Å²) in [6.45, 7) is 8.34. The molecule has 0 radical (unpaired) electrons. The van der Waals surface area contributed by atoms with Crippen LogP contribution in [0, 0.1) is 0 Å². The number of ketones is 1. The van der Waals surface area contributed by atoms with Crippen molar-refractivity contribution in [3.8, 4) is 11.5 Å². The number of Topliss-reactive ketones (excluding diaryl/α,β-unsaturated/α-hetero) is 1. The highest BCUT2D eigenvalue weighted by atomic mass is 16.5. The van der Waals surface area contributed by atoms with Crippen LogP contribution >= 0.6 is 0 Å². The van der Waals surface area contributed by atoms with Crippen molar-refractivity contribution in [2.45, 2.75) is 32.4 Å². The molecule has 4 rings (SSSR count). The van der Waals surface area contributed by atoms with E-state index in [4.69, 9.17) is 9.47 Å². The molecule has 0 saturated carbocycles. The Morgan fingerprint density at radius 2 is 1.84 bits per heavy atom. The minimum atomic E-state index is -0.541. The maximum absolute atomic E-state index is 11.7. The third kappa shape index (κ3) is 5.85. The van der Waals surface area contributed by atoms with Crippen molar-refractivity contribution in [3.63, 3.8) is 0 Å². The summed E-state index contributed by atoms with van der Waals surface area (Å²) in [5.41, 5.74) is 3.37. The summed E-state index contributed by atoms with van der Waals surface area (Å²) in [5.74, 6) is 1.84. The van der Waals surface area contributed by atoms with Crippen LogP contribution in [-0.2, 0) is 13.0 Å². The van der Waals surface area contributed by atoms with E-state index in [2.05, 4.69) is 28.0 Å². The zero-order chi connectivity index (χ0) is 21.6. The highest BCUT2D eigenvalue weighted by Crippen LogP contribution is 2.26. The van der Waals surface area contributed by atoms with Crippen LogP contribution in [0.1, 0.15) is 34.8 Å². The van der Waals surface area contributed by atoms with Gasteiger partial charge in [-0.2, -0.15) is 0 Å². The molecule has 2 aliphatic heterocycles. The second-order valence-corrected chi connectivity index (χ2v) is 8.38. The SMILES string of the molecule is CCC(=O)c1ccc(OCC(O)CN2CCN(Cc3ccc4c(c3)CCO4)CC2)cc1. The summed E-state index contributed by atoms with van der Waals surface area (Å²) in [6.07, 6.45) is 0.965. The van der Waals surface area contributed by atoms with E-state index >= 15 is 0 Å². The third-order valence-electron chi connectivity index (χ3n) is 6.03. The smallest absolute Gasteiger partial charge is 0.162 e. The first-order valence-electron chi connectivity index (χ1n) is 11.2. The number of rotatable bonds is 9. The number of hydrogen-bond donors (Lipinski definition) is 1. The van der Waals surface area contributed by atoms with E-state index in [1.54, 1.807) is 24.3 Å². The summed E-state index contributed by atoms with van der Waals surface area (Å²) in [7, 11) is 0. The Bertz CT molecular complexity index is 876. The van der Waals surface area contributed by atoms with Gasteiger partial charge in [0.25, 0.3) is 0 Å². The van der Waals surface area contributed by atoms with Crippen molar-refractivity contribution in [3.05, 3.63) is 59.2 Å². The normalized spacial score (nSPS) is 17.7. The van der Waals surface area contributed by atoms with Crippen LogP contribution in [0.5, 0.6) is 11.5 Å². The number of aliphatic hydroxyl groups excluding tert-OH is 1. The van der Waals surface area contributed by atoms with Crippen molar-refractivity contribution in [1.29, 1.82) is 0 Å². The number of carbonyl (C=O) groups excluding carboxylic acids is 1. The number of fused-ring (bicyclic) bond motifs is 1. The van der Waals surface area contributed by atoms with Gasteiger partial charge in [0, 0.05) is 57.7 Å². The summed E-state index contributed by atoms with van der Waals surface area (Å²) in [4.78, 5) is 16.5. The number of β-amino-alcohol motifs (C(OH)–C–C–N with tert-alkyl or cyclic N) is 1. The number of benzene rings is 2. The lowest BCUT2D eigenvalue weighted by molar-refractivity contribution is 0.0446. The first-order valence-corrected chi connectivity index (χ1v) is 11.2. The van der Waals surface area contributed by atoms with Crippen molar-refractivity contribution in [2.75, 3.05) is 45.9 Å². The van der Waals surface area contributed by atoms with Gasteiger partial charge in [-0.15, -0.1) is 0 Å². The molecular weight excluding hydrogens is 392 g/mol. The van der Waals surface area contributed by atoms with E-state index in [-0.39, 0.29) is 12.4 Å². The fourth-order valence-corrected chi connectivity index (χ4v) is 4.21. The molecule has 0 aromatic heterocycles. The predicted molar refractivity (Wildman–Crippen MR) is 120 cm³/mol. The van der Waals surface area contributed by atoms with Crippen molar-refractivity contribution < 1.29 is 19.4 Å². The zero-order valence-electron chi connectivity index (χ0n) is 18.3.